The highest BCUT2D eigenvalue weighted by Crippen LogP contribution is 2.11. The lowest BCUT2D eigenvalue weighted by atomic mass is 10.0. The van der Waals surface area contributed by atoms with Crippen molar-refractivity contribution in [1.82, 2.24) is 0 Å². The highest BCUT2D eigenvalue weighted by Gasteiger charge is 2.06. The van der Waals surface area contributed by atoms with Gasteiger partial charge in [0.05, 0.1) is 0 Å². The third kappa shape index (κ3) is 4.99. The Hall–Kier alpha value is -2.22. The van der Waals surface area contributed by atoms with Gasteiger partial charge in [0, 0.05) is 24.0 Å². The van der Waals surface area contributed by atoms with Gasteiger partial charge in [0.15, 0.2) is 11.6 Å². The van der Waals surface area contributed by atoms with Gasteiger partial charge in [-0.25, -0.2) is 0 Å². The molecule has 108 valence electrons. The van der Waals surface area contributed by atoms with Crippen LogP contribution in [0.3, 0.4) is 0 Å². The van der Waals surface area contributed by atoms with Crippen molar-refractivity contribution >= 4 is 11.6 Å². The summed E-state index contributed by atoms with van der Waals surface area (Å²) in [6.45, 7) is 0. The summed E-state index contributed by atoms with van der Waals surface area (Å²) >= 11 is 0. The van der Waals surface area contributed by atoms with Crippen LogP contribution in [0.4, 0.5) is 0 Å². The van der Waals surface area contributed by atoms with Crippen LogP contribution >= 0.6 is 0 Å². The maximum atomic E-state index is 11.9. The van der Waals surface area contributed by atoms with E-state index < -0.39 is 0 Å². The van der Waals surface area contributed by atoms with Crippen molar-refractivity contribution < 1.29 is 9.59 Å². The summed E-state index contributed by atoms with van der Waals surface area (Å²) in [6.07, 6.45) is 3.72. The Morgan fingerprint density at radius 3 is 1.33 bits per heavy atom. The van der Waals surface area contributed by atoms with Crippen LogP contribution in [0.5, 0.6) is 0 Å². The molecule has 0 aliphatic heterocycles. The fourth-order valence-corrected chi connectivity index (χ4v) is 2.28. The Labute approximate surface area is 125 Å². The second-order valence-electron chi connectivity index (χ2n) is 5.14. The molecule has 0 saturated carbocycles. The number of hydrogen-bond acceptors (Lipinski definition) is 2. The Kier molecular flexibility index (Phi) is 5.89. The first kappa shape index (κ1) is 15.2. The van der Waals surface area contributed by atoms with E-state index in [1.807, 2.05) is 60.7 Å². The fourth-order valence-electron chi connectivity index (χ4n) is 2.28. The minimum Gasteiger partial charge on any atom is -0.294 e. The van der Waals surface area contributed by atoms with Crippen molar-refractivity contribution in [3.05, 3.63) is 71.8 Å². The molecule has 0 amide bonds. The molecule has 0 aliphatic rings. The molecule has 2 aromatic carbocycles. The standard InChI is InChI=1S/C19H20O2/c20-18(16-10-4-1-5-11-16)14-8-3-9-15-19(21)17-12-6-2-7-13-17/h1-2,4-7,10-13H,3,8-9,14-15H2. The van der Waals surface area contributed by atoms with Gasteiger partial charge in [0.25, 0.3) is 0 Å². The van der Waals surface area contributed by atoms with E-state index in [2.05, 4.69) is 0 Å². The molecule has 0 spiro atoms. The lowest BCUT2D eigenvalue weighted by Crippen LogP contribution is -2.00. The monoisotopic (exact) mass is 280 g/mol. The first-order chi connectivity index (χ1) is 10.3. The molecule has 21 heavy (non-hydrogen) atoms. The van der Waals surface area contributed by atoms with E-state index in [4.69, 9.17) is 0 Å². The lowest BCUT2D eigenvalue weighted by Gasteiger charge is -2.02. The van der Waals surface area contributed by atoms with Gasteiger partial charge < -0.3 is 0 Å². The normalized spacial score (nSPS) is 10.3. The van der Waals surface area contributed by atoms with Gasteiger partial charge in [-0.15, -0.1) is 0 Å². The molecule has 0 fully saturated rings. The molecule has 0 unspecified atom stereocenters. The average molecular weight is 280 g/mol. The van der Waals surface area contributed by atoms with E-state index in [9.17, 15) is 9.59 Å². The summed E-state index contributed by atoms with van der Waals surface area (Å²) in [6, 6.07) is 18.7. The van der Waals surface area contributed by atoms with Crippen LogP contribution in [0.2, 0.25) is 0 Å². The molecule has 0 radical (unpaired) electrons. The number of carbonyl (C=O) groups excluding carboxylic acids is 2. The van der Waals surface area contributed by atoms with Crippen LogP contribution in [0.25, 0.3) is 0 Å². The molecule has 2 heteroatoms. The average Bonchev–Trinajstić information content (AvgIpc) is 2.55. The lowest BCUT2D eigenvalue weighted by molar-refractivity contribution is 0.0978. The third-order valence-electron chi connectivity index (χ3n) is 3.50. The second-order valence-corrected chi connectivity index (χ2v) is 5.14. The van der Waals surface area contributed by atoms with Gasteiger partial charge in [-0.05, 0) is 12.8 Å². The van der Waals surface area contributed by atoms with E-state index in [1.165, 1.54) is 0 Å². The highest BCUT2D eigenvalue weighted by molar-refractivity contribution is 5.96. The molecule has 0 atom stereocenters. The van der Waals surface area contributed by atoms with Crippen LogP contribution in [-0.2, 0) is 0 Å². The number of benzene rings is 2. The summed E-state index contributed by atoms with van der Waals surface area (Å²) in [5.41, 5.74) is 1.55. The van der Waals surface area contributed by atoms with Gasteiger partial charge in [-0.2, -0.15) is 0 Å². The predicted octanol–water partition coefficient (Wildman–Crippen LogP) is 4.70. The molecule has 0 heterocycles. The smallest absolute Gasteiger partial charge is 0.162 e. The minimum atomic E-state index is 0.185. The van der Waals surface area contributed by atoms with E-state index in [-0.39, 0.29) is 11.6 Å². The summed E-state index contributed by atoms with van der Waals surface area (Å²) in [5, 5.41) is 0. The maximum absolute atomic E-state index is 11.9. The van der Waals surface area contributed by atoms with E-state index in [0.29, 0.717) is 12.8 Å². The molecule has 2 aromatic rings. The molecule has 2 nitrogen and oxygen atoms in total. The molecule has 2 rings (SSSR count). The highest BCUT2D eigenvalue weighted by atomic mass is 16.1. The second kappa shape index (κ2) is 8.15. The number of carbonyl (C=O) groups is 2. The van der Waals surface area contributed by atoms with Crippen molar-refractivity contribution in [1.29, 1.82) is 0 Å². The maximum Gasteiger partial charge on any atom is 0.162 e. The number of ketones is 2. The summed E-state index contributed by atoms with van der Waals surface area (Å²) in [7, 11) is 0. The van der Waals surface area contributed by atoms with Crippen molar-refractivity contribution in [3.8, 4) is 0 Å². The molecule has 0 bridgehead atoms. The van der Waals surface area contributed by atoms with Crippen molar-refractivity contribution in [2.45, 2.75) is 32.1 Å². The quantitative estimate of drug-likeness (QED) is 0.518. The SMILES string of the molecule is O=C(CCCCCC(=O)c1ccccc1)c1ccccc1. The Balaban J connectivity index is 1.64. The van der Waals surface area contributed by atoms with E-state index >= 15 is 0 Å². The summed E-state index contributed by atoms with van der Waals surface area (Å²) in [4.78, 5) is 23.8. The first-order valence-corrected chi connectivity index (χ1v) is 7.44. The molecule has 0 saturated heterocycles. The van der Waals surface area contributed by atoms with Gasteiger partial charge >= 0.3 is 0 Å². The minimum absolute atomic E-state index is 0.185. The number of Topliss-reactive ketones (excluding diaryl/α,β-unsaturated/α-hetero) is 2. The molecular weight excluding hydrogens is 260 g/mol. The van der Waals surface area contributed by atoms with Crippen molar-refractivity contribution in [3.63, 3.8) is 0 Å². The Morgan fingerprint density at radius 2 is 0.952 bits per heavy atom. The van der Waals surface area contributed by atoms with Crippen molar-refractivity contribution in [2.75, 3.05) is 0 Å². The largest absolute Gasteiger partial charge is 0.294 e. The molecular formula is C19H20O2. The zero-order valence-electron chi connectivity index (χ0n) is 12.1. The molecule has 0 N–H and O–H groups in total. The van der Waals surface area contributed by atoms with Crippen LogP contribution < -0.4 is 0 Å². The van der Waals surface area contributed by atoms with Gasteiger partial charge in [-0.3, -0.25) is 9.59 Å². The topological polar surface area (TPSA) is 34.1 Å². The molecule has 0 aliphatic carbocycles. The van der Waals surface area contributed by atoms with Crippen molar-refractivity contribution in [2.24, 2.45) is 0 Å². The Bertz CT molecular complexity index is 520. The van der Waals surface area contributed by atoms with Crippen LogP contribution in [0.1, 0.15) is 52.8 Å². The predicted molar refractivity (Wildman–Crippen MR) is 84.6 cm³/mol. The van der Waals surface area contributed by atoms with E-state index in [1.54, 1.807) is 0 Å². The zero-order chi connectivity index (χ0) is 14.9. The number of rotatable bonds is 8. The first-order valence-electron chi connectivity index (χ1n) is 7.44. The third-order valence-corrected chi connectivity index (χ3v) is 3.50. The summed E-state index contributed by atoms with van der Waals surface area (Å²) < 4.78 is 0. The van der Waals surface area contributed by atoms with E-state index in [0.717, 1.165) is 30.4 Å². The number of hydrogen-bond donors (Lipinski definition) is 0. The zero-order valence-corrected chi connectivity index (χ0v) is 12.1. The van der Waals surface area contributed by atoms with Gasteiger partial charge in [0.2, 0.25) is 0 Å². The summed E-state index contributed by atoms with van der Waals surface area (Å²) in [5.74, 6) is 0.370. The van der Waals surface area contributed by atoms with Gasteiger partial charge in [0.1, 0.15) is 0 Å². The fraction of sp³-hybridized carbons (Fsp3) is 0.263. The van der Waals surface area contributed by atoms with Crippen LogP contribution in [0.15, 0.2) is 60.7 Å². The number of unbranched alkanes of at least 4 members (excludes halogenated alkanes) is 2. The van der Waals surface area contributed by atoms with Gasteiger partial charge in [-0.1, -0.05) is 67.1 Å². The van der Waals surface area contributed by atoms with Crippen LogP contribution in [-0.4, -0.2) is 11.6 Å². The Morgan fingerprint density at radius 1 is 0.571 bits per heavy atom. The molecule has 0 aromatic heterocycles. The van der Waals surface area contributed by atoms with Crippen LogP contribution in [0, 0.1) is 0 Å².